The maximum atomic E-state index is 13.5. The first-order chi connectivity index (χ1) is 18.4. The third-order valence-electron chi connectivity index (χ3n) is 9.67. The number of ether oxygens (including phenoxy) is 1. The van der Waals surface area contributed by atoms with Gasteiger partial charge in [0.2, 0.25) is 5.91 Å². The average molecular weight is 546 g/mol. The zero-order valence-electron chi connectivity index (χ0n) is 23.6. The molecule has 1 amide bonds. The minimum absolute atomic E-state index is 0.0520. The molecule has 39 heavy (non-hydrogen) atoms. The minimum Gasteiger partial charge on any atom is -0.381 e. The van der Waals surface area contributed by atoms with Gasteiger partial charge in [-0.3, -0.25) is 4.79 Å². The average Bonchev–Trinajstić information content (AvgIpc) is 3.23. The molecule has 5 nitrogen and oxygen atoms in total. The van der Waals surface area contributed by atoms with E-state index in [1.807, 2.05) is 13.8 Å². The van der Waals surface area contributed by atoms with E-state index in [2.05, 4.69) is 35.1 Å². The number of benzene rings is 1. The molecular weight excluding hydrogens is 503 g/mol. The van der Waals surface area contributed by atoms with Crippen LogP contribution in [0.4, 0.5) is 13.2 Å². The smallest absolute Gasteiger partial charge is 0.381 e. The molecule has 2 saturated heterocycles. The number of fused-ring (bicyclic) bond motifs is 4. The van der Waals surface area contributed by atoms with Gasteiger partial charge in [-0.1, -0.05) is 19.9 Å². The molecule has 3 heterocycles. The number of aromatic amines is 1. The Hall–Kier alpha value is -2.32. The number of nitrogens with zero attached hydrogens (tertiary/aromatic N) is 1. The normalized spacial score (nSPS) is 27.6. The van der Waals surface area contributed by atoms with Crippen molar-refractivity contribution < 1.29 is 22.7 Å². The second-order valence-electron chi connectivity index (χ2n) is 12.8. The highest BCUT2D eigenvalue weighted by molar-refractivity contribution is 5.88. The quantitative estimate of drug-likeness (QED) is 0.411. The molecule has 5 rings (SSSR count). The zero-order valence-corrected chi connectivity index (χ0v) is 23.6. The number of hydrogen-bond acceptors (Lipinski definition) is 3. The van der Waals surface area contributed by atoms with Crippen molar-refractivity contribution >= 4 is 16.8 Å². The fraction of sp³-hybridized carbons (Fsp3) is 0.645. The van der Waals surface area contributed by atoms with Gasteiger partial charge in [0, 0.05) is 42.4 Å². The zero-order chi connectivity index (χ0) is 28.0. The van der Waals surface area contributed by atoms with Gasteiger partial charge in [-0.2, -0.15) is 13.2 Å². The Kier molecular flexibility index (Phi) is 7.66. The van der Waals surface area contributed by atoms with Crippen LogP contribution in [-0.4, -0.2) is 54.7 Å². The number of carbonyl (C=O) groups excluding carboxylic acids is 1. The summed E-state index contributed by atoms with van der Waals surface area (Å²) in [4.78, 5) is 18.3. The summed E-state index contributed by atoms with van der Waals surface area (Å²) < 4.78 is 46.2. The second-order valence-corrected chi connectivity index (χ2v) is 12.8. The van der Waals surface area contributed by atoms with Gasteiger partial charge in [0.15, 0.2) is 0 Å². The maximum Gasteiger partial charge on any atom is 0.416 e. The molecule has 0 saturated carbocycles. The molecule has 0 bridgehead atoms. The number of likely N-dealkylation sites (tertiary alicyclic amines) is 1. The van der Waals surface area contributed by atoms with Gasteiger partial charge in [-0.25, -0.2) is 0 Å². The largest absolute Gasteiger partial charge is 0.416 e. The lowest BCUT2D eigenvalue weighted by molar-refractivity contribution is -0.137. The molecule has 1 unspecified atom stereocenters. The molecule has 1 aliphatic carbocycles. The molecule has 2 aromatic rings. The number of amides is 1. The Morgan fingerprint density at radius 1 is 1.26 bits per heavy atom. The van der Waals surface area contributed by atoms with E-state index in [9.17, 15) is 18.0 Å². The van der Waals surface area contributed by atoms with E-state index in [0.717, 1.165) is 73.9 Å². The van der Waals surface area contributed by atoms with Crippen LogP contribution in [0.1, 0.15) is 76.1 Å². The van der Waals surface area contributed by atoms with E-state index >= 15 is 0 Å². The van der Waals surface area contributed by atoms with E-state index in [-0.39, 0.29) is 28.7 Å². The molecule has 3 atom stereocenters. The van der Waals surface area contributed by atoms with Gasteiger partial charge in [-0.05, 0) is 112 Å². The van der Waals surface area contributed by atoms with Crippen LogP contribution in [0.2, 0.25) is 0 Å². The topological polar surface area (TPSA) is 57.4 Å². The highest BCUT2D eigenvalue weighted by Crippen LogP contribution is 2.53. The van der Waals surface area contributed by atoms with Gasteiger partial charge in [0.1, 0.15) is 0 Å². The first kappa shape index (κ1) is 28.2. The van der Waals surface area contributed by atoms with Gasteiger partial charge >= 0.3 is 6.18 Å². The SMILES string of the molecule is CC(C)NC(=O)/C=C/C1(CCN2CCC3(C)Cc4[nH]c5ccc(C(F)(F)F)cc5c4[C@H](C)[C@H]3C2)CCOCC1. The van der Waals surface area contributed by atoms with Crippen LogP contribution in [0, 0.1) is 16.7 Å². The standard InChI is InChI=1S/C31H42F3N3O2/c1-20(2)35-27(38)7-8-30(11-15-39-16-12-30)10-14-37-13-9-29(4)18-26-28(21(3)24(29)19-37)23-17-22(31(32,33)34)5-6-25(23)36-26/h5-8,17,20-21,24,36H,9-16,18-19H2,1-4H3,(H,35,38)/b8-7+/t21-,24-,29?/m1/s1. The summed E-state index contributed by atoms with van der Waals surface area (Å²) in [6, 6.07) is 4.20. The monoisotopic (exact) mass is 545 g/mol. The number of carbonyl (C=O) groups is 1. The second kappa shape index (κ2) is 10.6. The highest BCUT2D eigenvalue weighted by atomic mass is 19.4. The first-order valence-corrected chi connectivity index (χ1v) is 14.4. The molecule has 214 valence electrons. The lowest BCUT2D eigenvalue weighted by Gasteiger charge is -2.52. The summed E-state index contributed by atoms with van der Waals surface area (Å²) in [7, 11) is 0. The summed E-state index contributed by atoms with van der Waals surface area (Å²) in [5.41, 5.74) is 2.45. The van der Waals surface area contributed by atoms with Crippen molar-refractivity contribution in [3.8, 4) is 0 Å². The van der Waals surface area contributed by atoms with E-state index < -0.39 is 11.7 Å². The van der Waals surface area contributed by atoms with Crippen LogP contribution < -0.4 is 5.32 Å². The predicted molar refractivity (Wildman–Crippen MR) is 148 cm³/mol. The summed E-state index contributed by atoms with van der Waals surface area (Å²) in [5.74, 6) is 0.476. The molecule has 2 N–H and O–H groups in total. The number of halogens is 3. The lowest BCUT2D eigenvalue weighted by atomic mass is 9.59. The van der Waals surface area contributed by atoms with Crippen molar-refractivity contribution in [2.24, 2.45) is 16.7 Å². The van der Waals surface area contributed by atoms with Gasteiger partial charge in [-0.15, -0.1) is 0 Å². The van der Waals surface area contributed by atoms with Gasteiger partial charge in [0.25, 0.3) is 0 Å². The summed E-state index contributed by atoms with van der Waals surface area (Å²) in [6.45, 7) is 12.8. The number of allylic oxidation sites excluding steroid dienone is 1. The molecular formula is C31H42F3N3O2. The summed E-state index contributed by atoms with van der Waals surface area (Å²) in [5, 5.41) is 3.66. The minimum atomic E-state index is -4.35. The number of nitrogens with one attached hydrogen (secondary N) is 2. The number of alkyl halides is 3. The van der Waals surface area contributed by atoms with Crippen molar-refractivity contribution in [2.75, 3.05) is 32.8 Å². The Bertz CT molecular complexity index is 1230. The maximum absolute atomic E-state index is 13.5. The van der Waals surface area contributed by atoms with E-state index in [0.29, 0.717) is 19.1 Å². The molecule has 0 radical (unpaired) electrons. The molecule has 2 fully saturated rings. The molecule has 1 aromatic carbocycles. The van der Waals surface area contributed by atoms with E-state index in [1.54, 1.807) is 12.1 Å². The summed E-state index contributed by atoms with van der Waals surface area (Å²) in [6.07, 6.45) is 4.18. The number of aromatic nitrogens is 1. The number of piperidine rings is 1. The lowest BCUT2D eigenvalue weighted by Crippen LogP contribution is -2.51. The molecule has 0 spiro atoms. The third-order valence-corrected chi connectivity index (χ3v) is 9.67. The Balaban J connectivity index is 1.33. The van der Waals surface area contributed by atoms with Gasteiger partial charge < -0.3 is 19.9 Å². The number of hydrogen-bond donors (Lipinski definition) is 2. The fourth-order valence-corrected chi connectivity index (χ4v) is 7.33. The molecule has 3 aliphatic rings. The van der Waals surface area contributed by atoms with Crippen molar-refractivity contribution in [1.82, 2.24) is 15.2 Å². The summed E-state index contributed by atoms with van der Waals surface area (Å²) >= 11 is 0. The van der Waals surface area contributed by atoms with Crippen molar-refractivity contribution in [3.05, 3.63) is 47.2 Å². The van der Waals surface area contributed by atoms with Crippen LogP contribution in [0.5, 0.6) is 0 Å². The highest BCUT2D eigenvalue weighted by Gasteiger charge is 2.47. The van der Waals surface area contributed by atoms with Crippen LogP contribution in [0.15, 0.2) is 30.4 Å². The van der Waals surface area contributed by atoms with E-state index in [1.165, 1.54) is 12.1 Å². The van der Waals surface area contributed by atoms with Crippen LogP contribution >= 0.6 is 0 Å². The number of rotatable bonds is 6. The molecule has 2 aliphatic heterocycles. The Labute approximate surface area is 229 Å². The first-order valence-electron chi connectivity index (χ1n) is 14.4. The number of H-pyrrole nitrogens is 1. The van der Waals surface area contributed by atoms with Crippen molar-refractivity contribution in [1.29, 1.82) is 0 Å². The van der Waals surface area contributed by atoms with E-state index in [4.69, 9.17) is 4.74 Å². The Morgan fingerprint density at radius 2 is 2.00 bits per heavy atom. The van der Waals surface area contributed by atoms with Crippen LogP contribution in [0.25, 0.3) is 10.9 Å². The predicted octanol–water partition coefficient (Wildman–Crippen LogP) is 6.44. The molecule has 8 heteroatoms. The molecule has 1 aromatic heterocycles. The van der Waals surface area contributed by atoms with Crippen molar-refractivity contribution in [2.45, 2.75) is 77.9 Å². The van der Waals surface area contributed by atoms with Crippen LogP contribution in [0.3, 0.4) is 0 Å². The Morgan fingerprint density at radius 3 is 2.69 bits per heavy atom. The van der Waals surface area contributed by atoms with Crippen molar-refractivity contribution in [3.63, 3.8) is 0 Å². The van der Waals surface area contributed by atoms with Crippen LogP contribution in [-0.2, 0) is 22.1 Å². The third kappa shape index (κ3) is 5.78. The fourth-order valence-electron chi connectivity index (χ4n) is 7.33. The van der Waals surface area contributed by atoms with Gasteiger partial charge in [0.05, 0.1) is 5.56 Å².